The van der Waals surface area contributed by atoms with E-state index in [1.165, 1.54) is 6.07 Å². The van der Waals surface area contributed by atoms with Crippen molar-refractivity contribution >= 4 is 11.9 Å². The molecule has 0 saturated heterocycles. The predicted molar refractivity (Wildman–Crippen MR) is 65.1 cm³/mol. The third-order valence-corrected chi connectivity index (χ3v) is 2.43. The molecule has 5 heteroatoms. The third-order valence-electron chi connectivity index (χ3n) is 2.43. The van der Waals surface area contributed by atoms with Crippen LogP contribution in [-0.2, 0) is 11.2 Å². The summed E-state index contributed by atoms with van der Waals surface area (Å²) in [5.74, 6) is -1.55. The lowest BCUT2D eigenvalue weighted by Gasteiger charge is -2.09. The van der Waals surface area contributed by atoms with Gasteiger partial charge in [-0.25, -0.2) is 4.79 Å². The van der Waals surface area contributed by atoms with E-state index in [-0.39, 0.29) is 12.0 Å². The zero-order valence-corrected chi connectivity index (χ0v) is 10.2. The fraction of sp³-hybridized carbons (Fsp3) is 0.385. The second-order valence-corrected chi connectivity index (χ2v) is 3.82. The molecular weight excluding hydrogens is 236 g/mol. The summed E-state index contributed by atoms with van der Waals surface area (Å²) >= 11 is 0. The van der Waals surface area contributed by atoms with Crippen molar-refractivity contribution in [3.8, 4) is 5.75 Å². The van der Waals surface area contributed by atoms with Gasteiger partial charge in [0.1, 0.15) is 11.3 Å². The lowest BCUT2D eigenvalue weighted by atomic mass is 10.0. The highest BCUT2D eigenvalue weighted by Gasteiger charge is 2.12. The Labute approximate surface area is 105 Å². The number of carboxylic acid groups (broad SMARTS) is 2. The summed E-state index contributed by atoms with van der Waals surface area (Å²) in [6.45, 7) is 2.19. The molecule has 0 saturated carbocycles. The van der Waals surface area contributed by atoms with Gasteiger partial charge in [0.05, 0.1) is 6.61 Å². The van der Waals surface area contributed by atoms with Crippen LogP contribution in [0.1, 0.15) is 35.7 Å². The van der Waals surface area contributed by atoms with E-state index in [9.17, 15) is 9.59 Å². The molecule has 0 aromatic heterocycles. The van der Waals surface area contributed by atoms with Crippen molar-refractivity contribution in [1.82, 2.24) is 0 Å². The molecule has 0 spiro atoms. The molecule has 5 nitrogen and oxygen atoms in total. The van der Waals surface area contributed by atoms with Crippen LogP contribution in [0.2, 0.25) is 0 Å². The van der Waals surface area contributed by atoms with E-state index in [0.29, 0.717) is 25.2 Å². The highest BCUT2D eigenvalue weighted by molar-refractivity contribution is 5.91. The molecule has 18 heavy (non-hydrogen) atoms. The van der Waals surface area contributed by atoms with Gasteiger partial charge in [0.2, 0.25) is 0 Å². The van der Waals surface area contributed by atoms with E-state index >= 15 is 0 Å². The van der Waals surface area contributed by atoms with Crippen LogP contribution in [-0.4, -0.2) is 28.8 Å². The van der Waals surface area contributed by atoms with Crippen molar-refractivity contribution in [1.29, 1.82) is 0 Å². The standard InChI is InChI=1S/C13H16O5/c1-2-18-11-7-6-9(4-3-5-12(14)15)8-10(11)13(16)17/h6-8H,2-5H2,1H3,(H,14,15)(H,16,17). The molecule has 2 N–H and O–H groups in total. The molecule has 1 aromatic carbocycles. The molecule has 0 aliphatic rings. The SMILES string of the molecule is CCOc1ccc(CCCC(=O)O)cc1C(=O)O. The average molecular weight is 252 g/mol. The maximum atomic E-state index is 11.1. The topological polar surface area (TPSA) is 83.8 Å². The summed E-state index contributed by atoms with van der Waals surface area (Å²) in [7, 11) is 0. The zero-order valence-electron chi connectivity index (χ0n) is 10.2. The molecule has 0 atom stereocenters. The highest BCUT2D eigenvalue weighted by atomic mass is 16.5. The van der Waals surface area contributed by atoms with E-state index in [0.717, 1.165) is 5.56 Å². The van der Waals surface area contributed by atoms with Crippen LogP contribution in [0.4, 0.5) is 0 Å². The summed E-state index contributed by atoms with van der Waals surface area (Å²) in [5, 5.41) is 17.6. The van der Waals surface area contributed by atoms with Gasteiger partial charge in [-0.1, -0.05) is 6.07 Å². The first kappa shape index (κ1) is 14.0. The number of aryl methyl sites for hydroxylation is 1. The van der Waals surface area contributed by atoms with Crippen molar-refractivity contribution < 1.29 is 24.5 Å². The van der Waals surface area contributed by atoms with Crippen molar-refractivity contribution in [2.75, 3.05) is 6.61 Å². The summed E-state index contributed by atoms with van der Waals surface area (Å²) < 4.78 is 5.22. The maximum absolute atomic E-state index is 11.1. The van der Waals surface area contributed by atoms with Gasteiger partial charge >= 0.3 is 11.9 Å². The molecule has 0 bridgehead atoms. The van der Waals surface area contributed by atoms with Crippen molar-refractivity contribution in [3.63, 3.8) is 0 Å². The first-order valence-corrected chi connectivity index (χ1v) is 5.75. The lowest BCUT2D eigenvalue weighted by Crippen LogP contribution is -2.04. The van der Waals surface area contributed by atoms with E-state index in [1.54, 1.807) is 19.1 Å². The number of hydrogen-bond acceptors (Lipinski definition) is 3. The number of benzene rings is 1. The molecule has 0 fully saturated rings. The number of aliphatic carboxylic acids is 1. The van der Waals surface area contributed by atoms with E-state index < -0.39 is 11.9 Å². The lowest BCUT2D eigenvalue weighted by molar-refractivity contribution is -0.137. The number of carboxylic acids is 2. The molecule has 0 radical (unpaired) electrons. The Morgan fingerprint density at radius 3 is 2.56 bits per heavy atom. The minimum Gasteiger partial charge on any atom is -0.493 e. The Kier molecular flexibility index (Phi) is 5.17. The van der Waals surface area contributed by atoms with Gasteiger partial charge in [0, 0.05) is 6.42 Å². The Morgan fingerprint density at radius 2 is 2.00 bits per heavy atom. The molecular formula is C13H16O5. The van der Waals surface area contributed by atoms with Crippen LogP contribution in [0.5, 0.6) is 5.75 Å². The number of hydrogen-bond donors (Lipinski definition) is 2. The van der Waals surface area contributed by atoms with Crippen LogP contribution < -0.4 is 4.74 Å². The van der Waals surface area contributed by atoms with Crippen LogP contribution in [0.25, 0.3) is 0 Å². The molecule has 0 amide bonds. The number of aromatic carboxylic acids is 1. The van der Waals surface area contributed by atoms with E-state index in [2.05, 4.69) is 0 Å². The minimum absolute atomic E-state index is 0.0790. The van der Waals surface area contributed by atoms with Crippen molar-refractivity contribution in [3.05, 3.63) is 29.3 Å². The molecule has 1 aromatic rings. The number of carbonyl (C=O) groups is 2. The summed E-state index contributed by atoms with van der Waals surface area (Å²) in [4.78, 5) is 21.4. The van der Waals surface area contributed by atoms with E-state index in [1.807, 2.05) is 0 Å². The monoisotopic (exact) mass is 252 g/mol. The van der Waals surface area contributed by atoms with Gasteiger partial charge in [-0.15, -0.1) is 0 Å². The zero-order chi connectivity index (χ0) is 13.5. The average Bonchev–Trinajstić information content (AvgIpc) is 2.30. The second-order valence-electron chi connectivity index (χ2n) is 3.82. The largest absolute Gasteiger partial charge is 0.493 e. The number of rotatable bonds is 7. The van der Waals surface area contributed by atoms with Gasteiger partial charge in [-0.3, -0.25) is 4.79 Å². The fourth-order valence-corrected chi connectivity index (χ4v) is 1.62. The van der Waals surface area contributed by atoms with E-state index in [4.69, 9.17) is 14.9 Å². The smallest absolute Gasteiger partial charge is 0.339 e. The third kappa shape index (κ3) is 4.08. The normalized spacial score (nSPS) is 10.1. The first-order valence-electron chi connectivity index (χ1n) is 5.75. The van der Waals surface area contributed by atoms with Crippen LogP contribution in [0.3, 0.4) is 0 Å². The maximum Gasteiger partial charge on any atom is 0.339 e. The Balaban J connectivity index is 2.79. The minimum atomic E-state index is -1.04. The molecule has 98 valence electrons. The van der Waals surface area contributed by atoms with Gasteiger partial charge < -0.3 is 14.9 Å². The van der Waals surface area contributed by atoms with Gasteiger partial charge in [0.25, 0.3) is 0 Å². The first-order chi connectivity index (χ1) is 8.54. The summed E-state index contributed by atoms with van der Waals surface area (Å²) in [5.41, 5.74) is 0.918. The van der Waals surface area contributed by atoms with Gasteiger partial charge in [-0.2, -0.15) is 0 Å². The van der Waals surface area contributed by atoms with Crippen LogP contribution >= 0.6 is 0 Å². The second kappa shape index (κ2) is 6.64. The summed E-state index contributed by atoms with van der Waals surface area (Å²) in [6.07, 6.45) is 1.11. The molecule has 0 unspecified atom stereocenters. The fourth-order valence-electron chi connectivity index (χ4n) is 1.62. The van der Waals surface area contributed by atoms with Crippen molar-refractivity contribution in [2.24, 2.45) is 0 Å². The molecule has 0 aliphatic carbocycles. The molecule has 0 heterocycles. The van der Waals surface area contributed by atoms with Crippen LogP contribution in [0, 0.1) is 0 Å². The quantitative estimate of drug-likeness (QED) is 0.777. The summed E-state index contributed by atoms with van der Waals surface area (Å²) in [6, 6.07) is 4.91. The number of ether oxygens (including phenoxy) is 1. The van der Waals surface area contributed by atoms with Gasteiger partial charge in [-0.05, 0) is 37.5 Å². The Hall–Kier alpha value is -2.04. The highest BCUT2D eigenvalue weighted by Crippen LogP contribution is 2.21. The van der Waals surface area contributed by atoms with Crippen LogP contribution in [0.15, 0.2) is 18.2 Å². The molecule has 1 rings (SSSR count). The van der Waals surface area contributed by atoms with Gasteiger partial charge in [0.15, 0.2) is 0 Å². The Bertz CT molecular complexity index is 439. The molecule has 0 aliphatic heterocycles. The Morgan fingerprint density at radius 1 is 1.28 bits per heavy atom. The predicted octanol–water partition coefficient (Wildman–Crippen LogP) is 2.19. The van der Waals surface area contributed by atoms with Crippen molar-refractivity contribution in [2.45, 2.75) is 26.2 Å².